The molecule has 0 saturated heterocycles. The van der Waals surface area contributed by atoms with Crippen LogP contribution in [0.5, 0.6) is 0 Å². The third-order valence-corrected chi connectivity index (χ3v) is 9.43. The zero-order valence-corrected chi connectivity index (χ0v) is 23.3. The molecule has 184 valence electrons. The minimum atomic E-state index is 1.09. The maximum atomic E-state index is 3.58. The van der Waals surface area contributed by atoms with E-state index >= 15 is 0 Å². The molecule has 0 N–H and O–H groups in total. The first-order chi connectivity index (χ1) is 19.3. The van der Waals surface area contributed by atoms with Gasteiger partial charge in [-0.2, -0.15) is 0 Å². The van der Waals surface area contributed by atoms with E-state index in [9.17, 15) is 0 Å². The molecule has 0 spiro atoms. The second-order valence-electron chi connectivity index (χ2n) is 9.89. The Labute approximate surface area is 238 Å². The summed E-state index contributed by atoms with van der Waals surface area (Å²) < 4.78 is 6.20. The third-order valence-electron chi connectivity index (χ3n) is 7.69. The molecule has 0 amide bonds. The number of nitrogens with zero attached hydrogens (tertiary/aromatic N) is 1. The Kier molecular flexibility index (Phi) is 5.22. The molecule has 6 aromatic carbocycles. The third kappa shape index (κ3) is 3.58. The Hall–Kier alpha value is -4.18. The van der Waals surface area contributed by atoms with Crippen molar-refractivity contribution in [2.75, 3.05) is 0 Å². The molecule has 1 nitrogen and oxygen atoms in total. The Bertz CT molecular complexity index is 2180. The minimum Gasteiger partial charge on any atom is -0.308 e. The van der Waals surface area contributed by atoms with Gasteiger partial charge in [-0.25, -0.2) is 0 Å². The SMILES string of the molecule is Brc1ccc(-c2ccccc2-c2ccc3c4ccccc4n(-c4cccc5c4sc4ccccc45)c3c2)cc1. The number of fused-ring (bicyclic) bond motifs is 6. The Morgan fingerprint density at radius 1 is 0.487 bits per heavy atom. The molecule has 0 unspecified atom stereocenters. The van der Waals surface area contributed by atoms with Crippen molar-refractivity contribution < 1.29 is 0 Å². The fraction of sp³-hybridized carbons (Fsp3) is 0. The monoisotopic (exact) mass is 579 g/mol. The van der Waals surface area contributed by atoms with Crippen LogP contribution in [0, 0.1) is 0 Å². The summed E-state index contributed by atoms with van der Waals surface area (Å²) in [5.74, 6) is 0. The van der Waals surface area contributed by atoms with Gasteiger partial charge < -0.3 is 4.57 Å². The molecule has 0 aliphatic rings. The Morgan fingerprint density at radius 2 is 1.13 bits per heavy atom. The van der Waals surface area contributed by atoms with Crippen LogP contribution in [0.4, 0.5) is 0 Å². The van der Waals surface area contributed by atoms with Crippen LogP contribution in [0.2, 0.25) is 0 Å². The lowest BCUT2D eigenvalue weighted by molar-refractivity contribution is 1.20. The predicted octanol–water partition coefficient (Wildman–Crippen LogP) is 11.2. The number of hydrogen-bond acceptors (Lipinski definition) is 1. The molecule has 0 fully saturated rings. The summed E-state index contributed by atoms with van der Waals surface area (Å²) >= 11 is 5.46. The summed E-state index contributed by atoms with van der Waals surface area (Å²) in [5.41, 5.74) is 8.59. The predicted molar refractivity (Wildman–Crippen MR) is 172 cm³/mol. The van der Waals surface area contributed by atoms with E-state index in [1.807, 2.05) is 11.3 Å². The molecule has 8 aromatic rings. The minimum absolute atomic E-state index is 1.09. The zero-order valence-electron chi connectivity index (χ0n) is 20.9. The van der Waals surface area contributed by atoms with E-state index < -0.39 is 0 Å². The van der Waals surface area contributed by atoms with Crippen molar-refractivity contribution >= 4 is 69.2 Å². The van der Waals surface area contributed by atoms with Crippen LogP contribution >= 0.6 is 27.3 Å². The number of thiophene rings is 1. The lowest BCUT2D eigenvalue weighted by atomic mass is 9.94. The summed E-state index contributed by atoms with van der Waals surface area (Å²) in [6.07, 6.45) is 0. The van der Waals surface area contributed by atoms with Gasteiger partial charge in [-0.05, 0) is 58.7 Å². The van der Waals surface area contributed by atoms with Gasteiger partial charge in [0.1, 0.15) is 0 Å². The van der Waals surface area contributed by atoms with Crippen molar-refractivity contribution in [2.24, 2.45) is 0 Å². The van der Waals surface area contributed by atoms with Gasteiger partial charge in [-0.15, -0.1) is 11.3 Å². The van der Waals surface area contributed by atoms with Crippen molar-refractivity contribution in [2.45, 2.75) is 0 Å². The van der Waals surface area contributed by atoms with Gasteiger partial charge in [0.15, 0.2) is 0 Å². The highest BCUT2D eigenvalue weighted by atomic mass is 79.9. The average molecular weight is 581 g/mol. The number of benzene rings is 6. The summed E-state index contributed by atoms with van der Waals surface area (Å²) in [5, 5.41) is 5.19. The first-order valence-electron chi connectivity index (χ1n) is 13.1. The highest BCUT2D eigenvalue weighted by molar-refractivity contribution is 9.10. The van der Waals surface area contributed by atoms with Crippen LogP contribution in [-0.4, -0.2) is 4.57 Å². The fourth-order valence-electron chi connectivity index (χ4n) is 5.92. The second kappa shape index (κ2) is 8.94. The molecular weight excluding hydrogens is 558 g/mol. The molecular formula is C36H22BrNS. The molecule has 2 heterocycles. The number of rotatable bonds is 3. The molecule has 39 heavy (non-hydrogen) atoms. The van der Waals surface area contributed by atoms with Crippen molar-refractivity contribution in [3.05, 3.63) is 138 Å². The Balaban J connectivity index is 1.43. The van der Waals surface area contributed by atoms with Crippen molar-refractivity contribution in [3.63, 3.8) is 0 Å². The van der Waals surface area contributed by atoms with E-state index in [4.69, 9.17) is 0 Å². The van der Waals surface area contributed by atoms with Gasteiger partial charge >= 0.3 is 0 Å². The smallest absolute Gasteiger partial charge is 0.0640 e. The maximum absolute atomic E-state index is 3.58. The Morgan fingerprint density at radius 3 is 1.97 bits per heavy atom. The standard InChI is InChI=1S/C36H22BrNS/c37-25-19-16-23(17-20-25)26-8-1-2-9-27(26)24-18-21-29-28-10-3-5-13-32(28)38(34(29)22-24)33-14-7-12-31-30-11-4-6-15-35(30)39-36(31)33/h1-22H. The summed E-state index contributed by atoms with van der Waals surface area (Å²) in [6.45, 7) is 0. The second-order valence-corrected chi connectivity index (χ2v) is 11.9. The highest BCUT2D eigenvalue weighted by Gasteiger charge is 2.17. The largest absolute Gasteiger partial charge is 0.308 e. The molecule has 0 aliphatic carbocycles. The number of para-hydroxylation sites is 1. The number of aromatic nitrogens is 1. The van der Waals surface area contributed by atoms with Crippen molar-refractivity contribution in [1.82, 2.24) is 4.57 Å². The van der Waals surface area contributed by atoms with Crippen molar-refractivity contribution in [1.29, 1.82) is 0 Å². The van der Waals surface area contributed by atoms with Gasteiger partial charge in [0, 0.05) is 30.7 Å². The molecule has 3 heteroatoms. The molecule has 0 saturated carbocycles. The summed E-state index contributed by atoms with van der Waals surface area (Å²) in [7, 11) is 0. The van der Waals surface area contributed by atoms with Gasteiger partial charge in [0.25, 0.3) is 0 Å². The molecule has 0 bridgehead atoms. The van der Waals surface area contributed by atoms with E-state index in [2.05, 4.69) is 154 Å². The first kappa shape index (κ1) is 22.8. The molecule has 2 aromatic heterocycles. The number of halogens is 1. The summed E-state index contributed by atoms with van der Waals surface area (Å²) in [6, 6.07) is 48.5. The average Bonchev–Trinajstić information content (AvgIpc) is 3.53. The van der Waals surface area contributed by atoms with Crippen LogP contribution in [0.25, 0.3) is 69.9 Å². The van der Waals surface area contributed by atoms with Gasteiger partial charge in [0.2, 0.25) is 0 Å². The van der Waals surface area contributed by atoms with Crippen LogP contribution < -0.4 is 0 Å². The highest BCUT2D eigenvalue weighted by Crippen LogP contribution is 2.42. The quantitative estimate of drug-likeness (QED) is 0.196. The molecule has 0 atom stereocenters. The maximum Gasteiger partial charge on any atom is 0.0640 e. The lowest BCUT2D eigenvalue weighted by Gasteiger charge is -2.13. The number of hydrogen-bond donors (Lipinski definition) is 0. The van der Waals surface area contributed by atoms with Crippen LogP contribution in [0.3, 0.4) is 0 Å². The van der Waals surface area contributed by atoms with E-state index in [0.29, 0.717) is 0 Å². The van der Waals surface area contributed by atoms with Gasteiger partial charge in [0.05, 0.1) is 21.4 Å². The van der Waals surface area contributed by atoms with Crippen molar-refractivity contribution in [3.8, 4) is 27.9 Å². The summed E-state index contributed by atoms with van der Waals surface area (Å²) in [4.78, 5) is 0. The van der Waals surface area contributed by atoms with E-state index in [0.717, 1.165) is 4.47 Å². The van der Waals surface area contributed by atoms with Gasteiger partial charge in [-0.3, -0.25) is 0 Å². The van der Waals surface area contributed by atoms with Crippen LogP contribution in [-0.2, 0) is 0 Å². The topological polar surface area (TPSA) is 4.93 Å². The molecule has 0 aliphatic heterocycles. The van der Waals surface area contributed by atoms with Gasteiger partial charge in [-0.1, -0.05) is 113 Å². The van der Waals surface area contributed by atoms with Crippen LogP contribution in [0.1, 0.15) is 0 Å². The van der Waals surface area contributed by atoms with E-state index in [1.165, 1.54) is 69.9 Å². The van der Waals surface area contributed by atoms with E-state index in [-0.39, 0.29) is 0 Å². The first-order valence-corrected chi connectivity index (χ1v) is 14.7. The lowest BCUT2D eigenvalue weighted by Crippen LogP contribution is -1.94. The molecule has 8 rings (SSSR count). The molecule has 0 radical (unpaired) electrons. The zero-order chi connectivity index (χ0) is 25.9. The van der Waals surface area contributed by atoms with E-state index in [1.54, 1.807) is 0 Å². The normalized spacial score (nSPS) is 11.7. The fourth-order valence-corrected chi connectivity index (χ4v) is 7.39. The van der Waals surface area contributed by atoms with Crippen LogP contribution in [0.15, 0.2) is 138 Å².